The first-order valence-corrected chi connectivity index (χ1v) is 7.47. The number of benzene rings is 1. The van der Waals surface area contributed by atoms with Gasteiger partial charge in [-0.05, 0) is 24.5 Å². The Labute approximate surface area is 118 Å². The molecule has 0 unspecified atom stereocenters. The molecule has 0 saturated heterocycles. The molecule has 0 atom stereocenters. The Morgan fingerprint density at radius 3 is 2.84 bits per heavy atom. The molecular formula is C16H18ClNO. The largest absolute Gasteiger partial charge is 0.493 e. The Kier molecular flexibility index (Phi) is 3.88. The number of alkyl halides is 1. The highest BCUT2D eigenvalue weighted by molar-refractivity contribution is 6.17. The van der Waals surface area contributed by atoms with Gasteiger partial charge in [-0.25, -0.2) is 0 Å². The van der Waals surface area contributed by atoms with Crippen molar-refractivity contribution in [2.24, 2.45) is 5.92 Å². The van der Waals surface area contributed by atoms with E-state index in [-0.39, 0.29) is 0 Å². The minimum absolute atomic E-state index is 0.420. The average molecular weight is 276 g/mol. The van der Waals surface area contributed by atoms with Gasteiger partial charge in [-0.3, -0.25) is 4.98 Å². The van der Waals surface area contributed by atoms with E-state index in [9.17, 15) is 0 Å². The van der Waals surface area contributed by atoms with Crippen LogP contribution in [-0.2, 0) is 5.88 Å². The van der Waals surface area contributed by atoms with Gasteiger partial charge in [0, 0.05) is 11.5 Å². The van der Waals surface area contributed by atoms with Crippen molar-refractivity contribution >= 4 is 22.5 Å². The summed E-state index contributed by atoms with van der Waals surface area (Å²) in [5.41, 5.74) is 1.83. The molecule has 19 heavy (non-hydrogen) atoms. The Hall–Kier alpha value is -1.28. The lowest BCUT2D eigenvalue weighted by Gasteiger charge is -2.25. The molecule has 0 spiro atoms. The van der Waals surface area contributed by atoms with Gasteiger partial charge in [-0.2, -0.15) is 0 Å². The zero-order valence-corrected chi connectivity index (χ0v) is 11.7. The third kappa shape index (κ3) is 2.84. The number of ether oxygens (including phenoxy) is 1. The van der Waals surface area contributed by atoms with Crippen molar-refractivity contribution in [1.82, 2.24) is 4.98 Å². The first kappa shape index (κ1) is 12.7. The van der Waals surface area contributed by atoms with Crippen molar-refractivity contribution in [2.75, 3.05) is 6.61 Å². The van der Waals surface area contributed by atoms with Crippen LogP contribution in [0.1, 0.15) is 31.4 Å². The second-order valence-electron chi connectivity index (χ2n) is 5.20. The van der Waals surface area contributed by atoms with Crippen molar-refractivity contribution in [3.63, 3.8) is 0 Å². The van der Waals surface area contributed by atoms with Crippen LogP contribution < -0.4 is 4.74 Å². The number of fused-ring (bicyclic) bond motifs is 1. The minimum Gasteiger partial charge on any atom is -0.493 e. The predicted molar refractivity (Wildman–Crippen MR) is 78.8 cm³/mol. The molecule has 1 fully saturated rings. The quantitative estimate of drug-likeness (QED) is 0.747. The van der Waals surface area contributed by atoms with Crippen LogP contribution in [0, 0.1) is 5.92 Å². The molecule has 2 nitrogen and oxygen atoms in total. The highest BCUT2D eigenvalue weighted by Crippen LogP contribution is 2.30. The summed E-state index contributed by atoms with van der Waals surface area (Å²) in [5.74, 6) is 2.21. The van der Waals surface area contributed by atoms with E-state index < -0.39 is 0 Å². The van der Waals surface area contributed by atoms with Gasteiger partial charge in [0.05, 0.1) is 23.7 Å². The van der Waals surface area contributed by atoms with Gasteiger partial charge in [-0.1, -0.05) is 31.4 Å². The molecule has 1 heterocycles. The molecule has 1 aromatic carbocycles. The molecule has 0 amide bonds. The molecule has 1 aliphatic rings. The summed E-state index contributed by atoms with van der Waals surface area (Å²) in [6.07, 6.45) is 5.28. The van der Waals surface area contributed by atoms with Gasteiger partial charge in [0.2, 0.25) is 0 Å². The number of halogens is 1. The Bertz CT molecular complexity index is 566. The summed E-state index contributed by atoms with van der Waals surface area (Å²) in [5, 5.41) is 1.07. The monoisotopic (exact) mass is 275 g/mol. The van der Waals surface area contributed by atoms with E-state index in [1.165, 1.54) is 19.3 Å². The highest BCUT2D eigenvalue weighted by atomic mass is 35.5. The summed E-state index contributed by atoms with van der Waals surface area (Å²) in [7, 11) is 0. The molecular weight excluding hydrogens is 258 g/mol. The molecule has 3 rings (SSSR count). The van der Waals surface area contributed by atoms with Crippen molar-refractivity contribution < 1.29 is 4.74 Å². The van der Waals surface area contributed by atoms with Gasteiger partial charge in [0.25, 0.3) is 0 Å². The summed E-state index contributed by atoms with van der Waals surface area (Å²) < 4.78 is 5.97. The Morgan fingerprint density at radius 2 is 2.11 bits per heavy atom. The lowest BCUT2D eigenvalue weighted by atomic mass is 9.83. The Morgan fingerprint density at radius 1 is 1.26 bits per heavy atom. The smallest absolute Gasteiger partial charge is 0.130 e. The molecule has 0 bridgehead atoms. The highest BCUT2D eigenvalue weighted by Gasteiger charge is 2.17. The van der Waals surface area contributed by atoms with Gasteiger partial charge >= 0.3 is 0 Å². The standard InChI is InChI=1S/C16H18ClNO/c17-11-13-10-16(19-9-8-12-4-3-5-12)14-6-1-2-7-15(14)18-13/h1-2,6-7,10,12H,3-5,8-9,11H2. The number of para-hydroxylation sites is 1. The summed E-state index contributed by atoms with van der Waals surface area (Å²) in [6, 6.07) is 10.0. The van der Waals surface area contributed by atoms with Crippen LogP contribution in [-0.4, -0.2) is 11.6 Å². The van der Waals surface area contributed by atoms with Gasteiger partial charge in [-0.15, -0.1) is 11.6 Å². The van der Waals surface area contributed by atoms with Crippen LogP contribution in [0.3, 0.4) is 0 Å². The fourth-order valence-electron chi connectivity index (χ4n) is 2.50. The van der Waals surface area contributed by atoms with E-state index >= 15 is 0 Å². The molecule has 1 saturated carbocycles. The first-order chi connectivity index (χ1) is 9.36. The minimum atomic E-state index is 0.420. The number of pyridine rings is 1. The second-order valence-corrected chi connectivity index (χ2v) is 5.46. The molecule has 0 radical (unpaired) electrons. The molecule has 0 aliphatic heterocycles. The molecule has 0 N–H and O–H groups in total. The third-order valence-electron chi connectivity index (χ3n) is 3.88. The van der Waals surface area contributed by atoms with E-state index in [0.717, 1.165) is 41.3 Å². The van der Waals surface area contributed by atoms with E-state index in [0.29, 0.717) is 5.88 Å². The SMILES string of the molecule is ClCc1cc(OCCC2CCC2)c2ccccc2n1. The van der Waals surface area contributed by atoms with Gasteiger partial charge in [0.1, 0.15) is 5.75 Å². The third-order valence-corrected chi connectivity index (χ3v) is 4.15. The molecule has 100 valence electrons. The molecule has 1 aromatic heterocycles. The maximum Gasteiger partial charge on any atom is 0.130 e. The lowest BCUT2D eigenvalue weighted by Crippen LogP contribution is -2.14. The number of hydrogen-bond donors (Lipinski definition) is 0. The predicted octanol–water partition coefficient (Wildman–Crippen LogP) is 4.54. The zero-order chi connectivity index (χ0) is 13.1. The van der Waals surface area contributed by atoms with Crippen LogP contribution in [0.25, 0.3) is 10.9 Å². The van der Waals surface area contributed by atoms with Gasteiger partial charge < -0.3 is 4.74 Å². The van der Waals surface area contributed by atoms with Gasteiger partial charge in [0.15, 0.2) is 0 Å². The van der Waals surface area contributed by atoms with Crippen LogP contribution in [0.15, 0.2) is 30.3 Å². The average Bonchev–Trinajstić information content (AvgIpc) is 2.41. The molecule has 1 aliphatic carbocycles. The van der Waals surface area contributed by atoms with E-state index in [1.54, 1.807) is 0 Å². The summed E-state index contributed by atoms with van der Waals surface area (Å²) >= 11 is 5.90. The van der Waals surface area contributed by atoms with Crippen LogP contribution in [0.4, 0.5) is 0 Å². The van der Waals surface area contributed by atoms with E-state index in [4.69, 9.17) is 16.3 Å². The fraction of sp³-hybridized carbons (Fsp3) is 0.438. The van der Waals surface area contributed by atoms with Crippen molar-refractivity contribution in [3.05, 3.63) is 36.0 Å². The molecule has 2 aromatic rings. The number of rotatable bonds is 5. The van der Waals surface area contributed by atoms with Crippen LogP contribution >= 0.6 is 11.6 Å². The number of aromatic nitrogens is 1. The number of nitrogens with zero attached hydrogens (tertiary/aromatic N) is 1. The normalized spacial score (nSPS) is 15.4. The fourth-order valence-corrected chi connectivity index (χ4v) is 2.64. The number of hydrogen-bond acceptors (Lipinski definition) is 2. The summed E-state index contributed by atoms with van der Waals surface area (Å²) in [4.78, 5) is 4.51. The lowest BCUT2D eigenvalue weighted by molar-refractivity contribution is 0.223. The maximum absolute atomic E-state index is 5.97. The molecule has 3 heteroatoms. The van der Waals surface area contributed by atoms with Crippen molar-refractivity contribution in [2.45, 2.75) is 31.6 Å². The Balaban J connectivity index is 1.79. The van der Waals surface area contributed by atoms with Crippen molar-refractivity contribution in [1.29, 1.82) is 0 Å². The summed E-state index contributed by atoms with van der Waals surface area (Å²) in [6.45, 7) is 0.792. The van der Waals surface area contributed by atoms with E-state index in [1.807, 2.05) is 24.3 Å². The first-order valence-electron chi connectivity index (χ1n) is 6.94. The van der Waals surface area contributed by atoms with Crippen molar-refractivity contribution in [3.8, 4) is 5.75 Å². The maximum atomic E-state index is 5.97. The van der Waals surface area contributed by atoms with Crippen LogP contribution in [0.5, 0.6) is 5.75 Å². The van der Waals surface area contributed by atoms with E-state index in [2.05, 4.69) is 11.1 Å². The zero-order valence-electron chi connectivity index (χ0n) is 10.9. The van der Waals surface area contributed by atoms with Crippen LogP contribution in [0.2, 0.25) is 0 Å². The topological polar surface area (TPSA) is 22.1 Å². The second kappa shape index (κ2) is 5.79.